The Hall–Kier alpha value is -3.25. The summed E-state index contributed by atoms with van der Waals surface area (Å²) in [7, 11) is 1.60. The molecule has 1 aliphatic heterocycles. The molecule has 0 spiro atoms. The van der Waals surface area contributed by atoms with Crippen molar-refractivity contribution in [1.82, 2.24) is 0 Å². The van der Waals surface area contributed by atoms with Gasteiger partial charge < -0.3 is 9.47 Å². The number of nitrogens with zero attached hydrogens (tertiary/aromatic N) is 1. The van der Waals surface area contributed by atoms with Crippen LogP contribution in [-0.4, -0.2) is 25.6 Å². The number of carbonyl (C=O) groups excluding carboxylic acids is 2. The van der Waals surface area contributed by atoms with Gasteiger partial charge in [0.2, 0.25) is 0 Å². The van der Waals surface area contributed by atoms with Crippen LogP contribution in [0.15, 0.2) is 82.6 Å². The van der Waals surface area contributed by atoms with E-state index in [1.165, 1.54) is 0 Å². The van der Waals surface area contributed by atoms with Crippen LogP contribution in [0.4, 0.5) is 11.4 Å². The van der Waals surface area contributed by atoms with Gasteiger partial charge in [0, 0.05) is 16.2 Å². The molecule has 6 heteroatoms. The zero-order valence-corrected chi connectivity index (χ0v) is 17.4. The molecule has 1 heterocycles. The molecular weight excluding hydrogens is 398 g/mol. The molecule has 0 aliphatic carbocycles. The van der Waals surface area contributed by atoms with Crippen LogP contribution in [0.3, 0.4) is 0 Å². The second kappa shape index (κ2) is 9.05. The van der Waals surface area contributed by atoms with Crippen molar-refractivity contribution in [2.75, 3.05) is 18.6 Å². The SMILES string of the molecule is COc1ccccc1CCC(=O)OCC(=O)N1c2ccccc2Sc2ccccc21. The molecule has 152 valence electrons. The largest absolute Gasteiger partial charge is 0.496 e. The Morgan fingerprint density at radius 2 is 1.47 bits per heavy atom. The Labute approximate surface area is 179 Å². The van der Waals surface area contributed by atoms with Crippen LogP contribution in [0.2, 0.25) is 0 Å². The first-order valence-electron chi connectivity index (χ1n) is 9.64. The van der Waals surface area contributed by atoms with Gasteiger partial charge in [-0.15, -0.1) is 0 Å². The number of hydrogen-bond donors (Lipinski definition) is 0. The van der Waals surface area contributed by atoms with Crippen molar-refractivity contribution < 1.29 is 19.1 Å². The van der Waals surface area contributed by atoms with Crippen LogP contribution in [-0.2, 0) is 20.7 Å². The van der Waals surface area contributed by atoms with Gasteiger partial charge in [0.15, 0.2) is 6.61 Å². The van der Waals surface area contributed by atoms with Crippen LogP contribution in [0.25, 0.3) is 0 Å². The highest BCUT2D eigenvalue weighted by Gasteiger charge is 2.28. The average Bonchev–Trinajstić information content (AvgIpc) is 2.79. The highest BCUT2D eigenvalue weighted by atomic mass is 32.2. The fourth-order valence-electron chi connectivity index (χ4n) is 3.40. The second-order valence-electron chi connectivity index (χ2n) is 6.74. The normalized spacial score (nSPS) is 12.0. The first-order valence-corrected chi connectivity index (χ1v) is 10.5. The van der Waals surface area contributed by atoms with Gasteiger partial charge in [-0.25, -0.2) is 0 Å². The number of carbonyl (C=O) groups is 2. The quantitative estimate of drug-likeness (QED) is 0.526. The zero-order chi connectivity index (χ0) is 20.9. The first kappa shape index (κ1) is 20.0. The Bertz CT molecular complexity index is 1040. The molecular formula is C24H21NO4S. The lowest BCUT2D eigenvalue weighted by Gasteiger charge is -2.30. The summed E-state index contributed by atoms with van der Waals surface area (Å²) in [6.45, 7) is -0.307. The summed E-state index contributed by atoms with van der Waals surface area (Å²) in [5, 5.41) is 0. The van der Waals surface area contributed by atoms with Crippen molar-refractivity contribution in [2.45, 2.75) is 22.6 Å². The molecule has 0 radical (unpaired) electrons. The topological polar surface area (TPSA) is 55.8 Å². The van der Waals surface area contributed by atoms with E-state index >= 15 is 0 Å². The minimum atomic E-state index is -0.415. The summed E-state index contributed by atoms with van der Waals surface area (Å²) >= 11 is 1.62. The molecule has 0 N–H and O–H groups in total. The Kier molecular flexibility index (Phi) is 6.05. The summed E-state index contributed by atoms with van der Waals surface area (Å²) in [6, 6.07) is 23.0. The Morgan fingerprint density at radius 1 is 0.867 bits per heavy atom. The van der Waals surface area contributed by atoms with E-state index in [1.54, 1.807) is 23.8 Å². The van der Waals surface area contributed by atoms with Gasteiger partial charge in [-0.3, -0.25) is 14.5 Å². The molecule has 0 atom stereocenters. The summed E-state index contributed by atoms with van der Waals surface area (Å²) in [4.78, 5) is 28.9. The lowest BCUT2D eigenvalue weighted by Crippen LogP contribution is -2.32. The highest BCUT2D eigenvalue weighted by Crippen LogP contribution is 2.47. The molecule has 3 aromatic carbocycles. The lowest BCUT2D eigenvalue weighted by molar-refractivity contribution is -0.147. The molecule has 0 fully saturated rings. The molecule has 0 saturated heterocycles. The lowest BCUT2D eigenvalue weighted by atomic mass is 10.1. The summed E-state index contributed by atoms with van der Waals surface area (Å²) in [5.41, 5.74) is 2.53. The smallest absolute Gasteiger partial charge is 0.306 e. The minimum Gasteiger partial charge on any atom is -0.496 e. The van der Waals surface area contributed by atoms with E-state index in [-0.39, 0.29) is 18.9 Å². The standard InChI is InChI=1S/C24H21NO4S/c1-28-20-11-5-2-8-17(20)14-15-24(27)29-16-23(26)25-18-9-3-6-12-21(18)30-22-13-7-4-10-19(22)25/h2-13H,14-16H2,1H3. The van der Waals surface area contributed by atoms with Gasteiger partial charge in [0.1, 0.15) is 5.75 Å². The molecule has 0 aromatic heterocycles. The highest BCUT2D eigenvalue weighted by molar-refractivity contribution is 7.99. The molecule has 30 heavy (non-hydrogen) atoms. The summed E-state index contributed by atoms with van der Waals surface area (Å²) in [5.74, 6) is 0.0449. The van der Waals surface area contributed by atoms with E-state index in [4.69, 9.17) is 9.47 Å². The number of fused-ring (bicyclic) bond motifs is 2. The fourth-order valence-corrected chi connectivity index (χ4v) is 4.46. The fraction of sp³-hybridized carbons (Fsp3) is 0.167. The average molecular weight is 420 g/mol. The van der Waals surface area contributed by atoms with Crippen LogP contribution in [0.1, 0.15) is 12.0 Å². The van der Waals surface area contributed by atoms with E-state index < -0.39 is 5.97 Å². The Morgan fingerprint density at radius 3 is 2.13 bits per heavy atom. The zero-order valence-electron chi connectivity index (χ0n) is 16.5. The molecule has 5 nitrogen and oxygen atoms in total. The van der Waals surface area contributed by atoms with Crippen LogP contribution in [0, 0.1) is 0 Å². The first-order chi connectivity index (χ1) is 14.7. The van der Waals surface area contributed by atoms with E-state index in [0.717, 1.165) is 32.5 Å². The number of benzene rings is 3. The van der Waals surface area contributed by atoms with E-state index in [2.05, 4.69) is 0 Å². The van der Waals surface area contributed by atoms with E-state index in [1.807, 2.05) is 72.8 Å². The molecule has 1 amide bonds. The number of amides is 1. The van der Waals surface area contributed by atoms with Crippen LogP contribution in [0.5, 0.6) is 5.75 Å². The third-order valence-electron chi connectivity index (χ3n) is 4.83. The second-order valence-corrected chi connectivity index (χ2v) is 7.82. The number of aryl methyl sites for hydroxylation is 1. The minimum absolute atomic E-state index is 0.177. The maximum Gasteiger partial charge on any atom is 0.306 e. The number of methoxy groups -OCH3 is 1. The van der Waals surface area contributed by atoms with E-state index in [9.17, 15) is 9.59 Å². The number of esters is 1. The monoisotopic (exact) mass is 419 g/mol. The Balaban J connectivity index is 1.43. The van der Waals surface area contributed by atoms with Crippen molar-refractivity contribution >= 4 is 35.0 Å². The predicted molar refractivity (Wildman–Crippen MR) is 116 cm³/mol. The molecule has 3 aromatic rings. The summed E-state index contributed by atoms with van der Waals surface area (Å²) < 4.78 is 10.6. The van der Waals surface area contributed by atoms with Gasteiger partial charge >= 0.3 is 5.97 Å². The number of anilines is 2. The van der Waals surface area contributed by atoms with Crippen LogP contribution < -0.4 is 9.64 Å². The molecule has 4 rings (SSSR count). The van der Waals surface area contributed by atoms with Crippen molar-refractivity contribution in [3.63, 3.8) is 0 Å². The number of para-hydroxylation sites is 3. The summed E-state index contributed by atoms with van der Waals surface area (Å²) in [6.07, 6.45) is 0.666. The number of rotatable bonds is 6. The van der Waals surface area contributed by atoms with Gasteiger partial charge in [0.25, 0.3) is 5.91 Å². The maximum absolute atomic E-state index is 13.0. The third kappa shape index (κ3) is 4.19. The molecule has 0 unspecified atom stereocenters. The van der Waals surface area contributed by atoms with Gasteiger partial charge in [-0.1, -0.05) is 54.2 Å². The van der Waals surface area contributed by atoms with E-state index in [0.29, 0.717) is 6.42 Å². The number of hydrogen-bond acceptors (Lipinski definition) is 5. The van der Waals surface area contributed by atoms with Crippen LogP contribution >= 0.6 is 11.8 Å². The number of ether oxygens (including phenoxy) is 2. The molecule has 0 saturated carbocycles. The van der Waals surface area contributed by atoms with Gasteiger partial charge in [-0.05, 0) is 42.3 Å². The predicted octanol–water partition coefficient (Wildman–Crippen LogP) is 5.00. The van der Waals surface area contributed by atoms with Crippen molar-refractivity contribution in [3.8, 4) is 5.75 Å². The molecule has 0 bridgehead atoms. The maximum atomic E-state index is 13.0. The molecule has 1 aliphatic rings. The van der Waals surface area contributed by atoms with Crippen molar-refractivity contribution in [1.29, 1.82) is 0 Å². The van der Waals surface area contributed by atoms with Crippen molar-refractivity contribution in [3.05, 3.63) is 78.4 Å². The van der Waals surface area contributed by atoms with Gasteiger partial charge in [-0.2, -0.15) is 0 Å². The van der Waals surface area contributed by atoms with Crippen molar-refractivity contribution in [2.24, 2.45) is 0 Å². The third-order valence-corrected chi connectivity index (χ3v) is 5.96. The van der Waals surface area contributed by atoms with Gasteiger partial charge in [0.05, 0.1) is 18.5 Å².